The van der Waals surface area contributed by atoms with Crippen molar-refractivity contribution >= 4 is 23.4 Å². The van der Waals surface area contributed by atoms with Crippen molar-refractivity contribution in [1.82, 2.24) is 10.2 Å². The van der Waals surface area contributed by atoms with Gasteiger partial charge in [-0.3, -0.25) is 14.4 Å². The van der Waals surface area contributed by atoms with Gasteiger partial charge in [-0.25, -0.2) is 0 Å². The maximum atomic E-state index is 13.9. The Hall–Kier alpha value is -2.83. The highest BCUT2D eigenvalue weighted by Gasteiger charge is 2.80. The van der Waals surface area contributed by atoms with E-state index in [1.54, 1.807) is 0 Å². The SMILES string of the molecule is C=C(C)[C@@H]1Cc2c(ccc3c2NC(=O)[C@]32C[C@@]34NC(=O)[C@]5(CCCN5C3=O)C[C@@H]4C2(C)C)O1. The molecule has 3 spiro atoms. The van der Waals surface area contributed by atoms with E-state index < -0.39 is 21.9 Å². The summed E-state index contributed by atoms with van der Waals surface area (Å²) in [4.78, 5) is 43.0. The average Bonchev–Trinajstić information content (AvgIpc) is 3.48. The van der Waals surface area contributed by atoms with Crippen LogP contribution < -0.4 is 15.4 Å². The van der Waals surface area contributed by atoms with Crippen LogP contribution in [-0.4, -0.2) is 46.3 Å². The van der Waals surface area contributed by atoms with Crippen LogP contribution in [0.1, 0.15) is 57.6 Å². The molecule has 1 aromatic carbocycles. The summed E-state index contributed by atoms with van der Waals surface area (Å²) in [6.45, 7) is 10.9. The van der Waals surface area contributed by atoms with Crippen LogP contribution in [0, 0.1) is 11.3 Å². The average molecular weight is 448 g/mol. The number of hydrogen-bond donors (Lipinski definition) is 2. The van der Waals surface area contributed by atoms with Crippen LogP contribution in [0.2, 0.25) is 0 Å². The van der Waals surface area contributed by atoms with E-state index in [1.807, 2.05) is 24.0 Å². The van der Waals surface area contributed by atoms with Crippen molar-refractivity contribution in [1.29, 1.82) is 0 Å². The number of hydrogen-bond acceptors (Lipinski definition) is 4. The molecule has 5 fully saturated rings. The first-order valence-electron chi connectivity index (χ1n) is 12.0. The van der Waals surface area contributed by atoms with Crippen LogP contribution in [0.4, 0.5) is 5.69 Å². The fourth-order valence-electron chi connectivity index (χ4n) is 8.39. The molecule has 33 heavy (non-hydrogen) atoms. The number of anilines is 1. The van der Waals surface area contributed by atoms with E-state index in [4.69, 9.17) is 4.74 Å². The van der Waals surface area contributed by atoms with Crippen LogP contribution in [0.5, 0.6) is 5.75 Å². The quantitative estimate of drug-likeness (QED) is 0.648. The van der Waals surface area contributed by atoms with E-state index in [0.717, 1.165) is 34.6 Å². The number of carbonyl (C=O) groups is 3. The molecule has 1 aliphatic carbocycles. The fourth-order valence-corrected chi connectivity index (χ4v) is 8.39. The van der Waals surface area contributed by atoms with Gasteiger partial charge in [0.2, 0.25) is 17.7 Å². The zero-order chi connectivity index (χ0) is 23.1. The minimum Gasteiger partial charge on any atom is -0.485 e. The Labute approximate surface area is 192 Å². The Bertz CT molecular complexity index is 1220. The second-order valence-corrected chi connectivity index (χ2v) is 11.7. The molecule has 8 rings (SSSR count). The van der Waals surface area contributed by atoms with Gasteiger partial charge < -0.3 is 20.3 Å². The van der Waals surface area contributed by atoms with Gasteiger partial charge in [0.15, 0.2) is 0 Å². The number of nitrogens with one attached hydrogen (secondary N) is 2. The fraction of sp³-hybridized carbons (Fsp3) is 0.577. The highest BCUT2D eigenvalue weighted by molar-refractivity contribution is 6.12. The number of piperazine rings is 1. The molecule has 172 valence electrons. The maximum Gasteiger partial charge on any atom is 0.249 e. The van der Waals surface area contributed by atoms with Crippen molar-refractivity contribution in [3.63, 3.8) is 0 Å². The molecule has 2 bridgehead atoms. The number of carbonyl (C=O) groups excluding carboxylic acids is 3. The summed E-state index contributed by atoms with van der Waals surface area (Å²) < 4.78 is 6.09. The zero-order valence-corrected chi connectivity index (χ0v) is 19.3. The van der Waals surface area contributed by atoms with Gasteiger partial charge in [0.1, 0.15) is 22.9 Å². The summed E-state index contributed by atoms with van der Waals surface area (Å²) in [6.07, 6.45) is 3.07. The van der Waals surface area contributed by atoms with Crippen molar-refractivity contribution in [2.45, 2.75) is 75.5 Å². The molecule has 2 N–H and O–H groups in total. The lowest BCUT2D eigenvalue weighted by atomic mass is 9.57. The Morgan fingerprint density at radius 1 is 1.21 bits per heavy atom. The summed E-state index contributed by atoms with van der Waals surface area (Å²) in [5.41, 5.74) is 0.548. The first-order chi connectivity index (χ1) is 15.6. The molecule has 5 atom stereocenters. The van der Waals surface area contributed by atoms with Crippen molar-refractivity contribution in [3.05, 3.63) is 35.4 Å². The lowest BCUT2D eigenvalue weighted by Crippen LogP contribution is -2.81. The minimum absolute atomic E-state index is 0.00823. The highest BCUT2D eigenvalue weighted by Crippen LogP contribution is 2.70. The van der Waals surface area contributed by atoms with E-state index >= 15 is 0 Å². The van der Waals surface area contributed by atoms with Crippen LogP contribution in [0.15, 0.2) is 24.3 Å². The van der Waals surface area contributed by atoms with E-state index in [0.29, 0.717) is 32.2 Å². The van der Waals surface area contributed by atoms with Crippen LogP contribution in [0.3, 0.4) is 0 Å². The van der Waals surface area contributed by atoms with Gasteiger partial charge in [0.05, 0.1) is 11.1 Å². The molecular formula is C26H29N3O4. The van der Waals surface area contributed by atoms with E-state index in [-0.39, 0.29) is 29.7 Å². The van der Waals surface area contributed by atoms with Crippen molar-refractivity contribution in [2.75, 3.05) is 11.9 Å². The third-order valence-corrected chi connectivity index (χ3v) is 10.1. The molecule has 1 aromatic rings. The van der Waals surface area contributed by atoms with Crippen LogP contribution in [-0.2, 0) is 26.2 Å². The summed E-state index contributed by atoms with van der Waals surface area (Å²) in [7, 11) is 0. The number of piperidine rings is 2. The Morgan fingerprint density at radius 3 is 2.76 bits per heavy atom. The largest absolute Gasteiger partial charge is 0.485 e. The predicted octanol–water partition coefficient (Wildman–Crippen LogP) is 2.44. The number of nitrogens with zero attached hydrogens (tertiary/aromatic N) is 1. The molecule has 7 heteroatoms. The van der Waals surface area contributed by atoms with Gasteiger partial charge in [-0.15, -0.1) is 0 Å². The normalized spacial score (nSPS) is 40.8. The molecule has 6 aliphatic heterocycles. The summed E-state index contributed by atoms with van der Waals surface area (Å²) in [6, 6.07) is 3.96. The third-order valence-electron chi connectivity index (χ3n) is 10.1. The first-order valence-corrected chi connectivity index (χ1v) is 12.0. The smallest absolute Gasteiger partial charge is 0.249 e. The van der Waals surface area contributed by atoms with Gasteiger partial charge >= 0.3 is 0 Å². The minimum atomic E-state index is -1.03. The Morgan fingerprint density at radius 2 is 2.00 bits per heavy atom. The number of benzene rings is 1. The highest BCUT2D eigenvalue weighted by atomic mass is 16.5. The standard InChI is InChI=1S/C26H29N3O4/c1-13(2)17-10-14-16(33-17)7-6-15-19(14)27-21(31)25(15)12-26-18(23(25,3)4)11-24(20(30)28-26)8-5-9-29(24)22(26)32/h6-7,17-18H,1,5,8-12H2,2-4H3,(H,27,31)(H,28,30)/t17-,18+,24-,25-,26-/m0/s1. The van der Waals surface area contributed by atoms with Crippen LogP contribution in [0.25, 0.3) is 0 Å². The molecule has 4 saturated heterocycles. The van der Waals surface area contributed by atoms with Gasteiger partial charge in [0.25, 0.3) is 0 Å². The maximum absolute atomic E-state index is 13.9. The molecule has 1 saturated carbocycles. The van der Waals surface area contributed by atoms with E-state index in [9.17, 15) is 14.4 Å². The van der Waals surface area contributed by atoms with Gasteiger partial charge in [0, 0.05) is 24.4 Å². The Kier molecular flexibility index (Phi) is 3.24. The van der Waals surface area contributed by atoms with Crippen molar-refractivity contribution in [2.24, 2.45) is 11.3 Å². The second kappa shape index (κ2) is 5.45. The molecule has 6 heterocycles. The molecule has 0 aromatic heterocycles. The molecule has 7 nitrogen and oxygen atoms in total. The lowest BCUT2D eigenvalue weighted by molar-refractivity contribution is -0.175. The second-order valence-electron chi connectivity index (χ2n) is 11.7. The van der Waals surface area contributed by atoms with Crippen LogP contribution >= 0.6 is 0 Å². The number of fused-ring (bicyclic) bond motifs is 5. The van der Waals surface area contributed by atoms with E-state index in [1.165, 1.54) is 0 Å². The van der Waals surface area contributed by atoms with Gasteiger partial charge in [-0.05, 0) is 55.2 Å². The summed E-state index contributed by atoms with van der Waals surface area (Å²) in [5.74, 6) is 0.591. The predicted molar refractivity (Wildman–Crippen MR) is 121 cm³/mol. The van der Waals surface area contributed by atoms with Gasteiger partial charge in [-0.1, -0.05) is 26.5 Å². The number of ether oxygens (including phenoxy) is 1. The van der Waals surface area contributed by atoms with Crippen molar-refractivity contribution in [3.8, 4) is 5.75 Å². The first kappa shape index (κ1) is 19.6. The zero-order valence-electron chi connectivity index (χ0n) is 19.3. The van der Waals surface area contributed by atoms with Gasteiger partial charge in [-0.2, -0.15) is 0 Å². The number of amides is 3. The van der Waals surface area contributed by atoms with E-state index in [2.05, 4.69) is 31.1 Å². The molecule has 7 aliphatic rings. The Balaban J connectivity index is 1.41. The monoisotopic (exact) mass is 447 g/mol. The molecule has 0 radical (unpaired) electrons. The lowest BCUT2D eigenvalue weighted by Gasteiger charge is -2.59. The molecular weight excluding hydrogens is 418 g/mol. The third kappa shape index (κ3) is 1.84. The molecule has 0 unspecified atom stereocenters. The summed E-state index contributed by atoms with van der Waals surface area (Å²) in [5, 5.41) is 6.39. The van der Waals surface area contributed by atoms with Crippen molar-refractivity contribution < 1.29 is 19.1 Å². The number of rotatable bonds is 1. The molecule has 3 amide bonds. The topological polar surface area (TPSA) is 87.7 Å². The summed E-state index contributed by atoms with van der Waals surface area (Å²) >= 11 is 0.